The van der Waals surface area contributed by atoms with Crippen LogP contribution in [0.25, 0.3) is 99.3 Å². The van der Waals surface area contributed by atoms with Gasteiger partial charge in [0.2, 0.25) is 11.0 Å². The molecule has 0 aliphatic rings. The van der Waals surface area contributed by atoms with Gasteiger partial charge in [-0.05, 0) is 133 Å². The number of benzene rings is 1. The first-order valence-electron chi connectivity index (χ1n) is 24.7. The van der Waals surface area contributed by atoms with Crippen LogP contribution >= 0.6 is 12.6 Å². The Morgan fingerprint density at radius 2 is 0.468 bits per heavy atom. The summed E-state index contributed by atoms with van der Waals surface area (Å²) in [5.74, 6) is 0. The van der Waals surface area contributed by atoms with Gasteiger partial charge in [-0.1, -0.05) is 83.1 Å². The largest absolute Gasteiger partial charge is 0.302 e. The molecule has 0 saturated heterocycles. The molecule has 12 aromatic heterocycles. The lowest BCUT2D eigenvalue weighted by molar-refractivity contribution is -0.448. The third-order valence-corrected chi connectivity index (χ3v) is 17.2. The highest BCUT2D eigenvalue weighted by atomic mass is 32.1. The highest BCUT2D eigenvalue weighted by Crippen LogP contribution is 2.54. The Kier molecular flexibility index (Phi) is 7.42. The van der Waals surface area contributed by atoms with Crippen LogP contribution in [-0.2, 0) is 77.0 Å². The lowest BCUT2D eigenvalue weighted by Gasteiger charge is -2.23. The third kappa shape index (κ3) is 3.49. The minimum Gasteiger partial charge on any atom is -0.302 e. The molecule has 0 spiro atoms. The average Bonchev–Trinajstić information content (AvgIpc) is 4.11. The van der Waals surface area contributed by atoms with Gasteiger partial charge < -0.3 is 13.2 Å². The second-order valence-corrected chi connectivity index (χ2v) is 19.1. The normalized spacial score (nSPS) is 13.7. The Labute approximate surface area is 368 Å². The Hall–Kier alpha value is -4.88. The number of aryl methyl sites for hydroxylation is 12. The summed E-state index contributed by atoms with van der Waals surface area (Å²) in [6.07, 6.45) is 12.0. The van der Waals surface area contributed by atoms with Crippen molar-refractivity contribution in [2.24, 2.45) is 0 Å². The molecule has 1 aromatic carbocycles. The molecule has 13 aromatic rings. The van der Waals surface area contributed by atoms with Crippen LogP contribution in [0.1, 0.15) is 150 Å². The van der Waals surface area contributed by atoms with Gasteiger partial charge in [0, 0.05) is 11.1 Å². The lowest BCUT2D eigenvalue weighted by Crippen LogP contribution is -2.26. The first-order valence-corrected chi connectivity index (χ1v) is 25.2. The van der Waals surface area contributed by atoms with Crippen LogP contribution in [0, 0.1) is 0 Å². The first kappa shape index (κ1) is 37.7. The molecule has 0 aliphatic heterocycles. The predicted molar refractivity (Wildman–Crippen MR) is 266 cm³/mol. The maximum Gasteiger partial charge on any atom is 0.264 e. The molecule has 316 valence electrons. The number of hydrogen-bond acceptors (Lipinski definition) is 1. The molecule has 0 bridgehead atoms. The summed E-state index contributed by atoms with van der Waals surface area (Å²) in [6, 6.07) is 0. The van der Waals surface area contributed by atoms with E-state index < -0.39 is 0 Å². The van der Waals surface area contributed by atoms with Crippen molar-refractivity contribution >= 4 is 112 Å². The van der Waals surface area contributed by atoms with Crippen molar-refractivity contribution in [2.75, 3.05) is 0 Å². The molecule has 7 heteroatoms. The zero-order valence-corrected chi connectivity index (χ0v) is 40.0. The van der Waals surface area contributed by atoms with Crippen molar-refractivity contribution in [3.63, 3.8) is 0 Å². The highest BCUT2D eigenvalue weighted by molar-refractivity contribution is 7.80. The number of aromatic nitrogens is 6. The van der Waals surface area contributed by atoms with Crippen molar-refractivity contribution in [1.29, 1.82) is 0 Å². The second kappa shape index (κ2) is 12.2. The molecule has 0 radical (unpaired) electrons. The molecule has 6 nitrogen and oxygen atoms in total. The summed E-state index contributed by atoms with van der Waals surface area (Å²) in [4.78, 5) is 1.15. The maximum absolute atomic E-state index is 5.89. The molecule has 13 rings (SSSR count). The Balaban J connectivity index is 1.61. The predicted octanol–water partition coefficient (Wildman–Crippen LogP) is 13.3. The van der Waals surface area contributed by atoms with Crippen molar-refractivity contribution < 1.29 is 4.40 Å². The highest BCUT2D eigenvalue weighted by Gasteiger charge is 2.43. The van der Waals surface area contributed by atoms with E-state index in [1.165, 1.54) is 144 Å². The van der Waals surface area contributed by atoms with E-state index in [1.807, 2.05) is 0 Å². The van der Waals surface area contributed by atoms with E-state index in [4.69, 9.17) is 12.6 Å². The maximum atomic E-state index is 5.89. The molecule has 0 fully saturated rings. The van der Waals surface area contributed by atoms with Crippen LogP contribution in [0.15, 0.2) is 4.90 Å². The van der Waals surface area contributed by atoms with E-state index in [0.29, 0.717) is 0 Å². The van der Waals surface area contributed by atoms with Gasteiger partial charge in [-0.15, -0.1) is 17.0 Å². The van der Waals surface area contributed by atoms with E-state index in [2.05, 4.69) is 109 Å². The minimum atomic E-state index is 0.972. The summed E-state index contributed by atoms with van der Waals surface area (Å²) in [6.45, 7) is 29.0. The fourth-order valence-electron chi connectivity index (χ4n) is 15.0. The molecular formula is C55H61N6S+. The van der Waals surface area contributed by atoms with Crippen LogP contribution in [0.5, 0.6) is 0 Å². The zero-order valence-electron chi connectivity index (χ0n) is 39.1. The number of nitrogens with zero attached hydrogens (tertiary/aromatic N) is 6. The fourth-order valence-corrected chi connectivity index (χ4v) is 15.4. The lowest BCUT2D eigenvalue weighted by atomic mass is 9.99. The SMILES string of the molecule is CCc1c(CC)c2c3c(CC)c(CC)c4c5c(CC)c(CC)c6c7c(CC)c(CC)c8c9c(CC)c(CC)c%10c%11c(CC)c(CC)c%12c(S)c1n2c1c(c(c(c(c1[n+]%12%11)n9%10)n78)n56)n34. The standard InChI is InChI=1S/C55H60N6S/c1-13-25-27(15-3)39-41-29(17-5)31(19-7)43-45-33(21-9)35(23-11)47-55(62)48-36(24-12)34(22-10)46-44-32(20-8)30(18-6)42-40-28(16-4)26(14-2)38-37(25)56(39)49-50(57(38)40)52(59(42)44)54(61(46)48)53(60(45)47)51(49)58(41)43/h13-24H2,1-12H3/p+1. The van der Waals surface area contributed by atoms with Gasteiger partial charge in [-0.2, -0.15) is 0 Å². The van der Waals surface area contributed by atoms with Crippen molar-refractivity contribution in [1.82, 2.24) is 22.0 Å². The first-order chi connectivity index (χ1) is 30.3. The molecule has 62 heavy (non-hydrogen) atoms. The van der Waals surface area contributed by atoms with Crippen molar-refractivity contribution in [2.45, 2.75) is 165 Å². The molecule has 0 aliphatic carbocycles. The van der Waals surface area contributed by atoms with E-state index in [9.17, 15) is 0 Å². The van der Waals surface area contributed by atoms with Gasteiger partial charge in [0.15, 0.2) is 0 Å². The summed E-state index contributed by atoms with van der Waals surface area (Å²) in [5.41, 5.74) is 43.8. The number of hydrogen-bond donors (Lipinski definition) is 1. The molecule has 12 heterocycles. The fraction of sp³-hybridized carbons (Fsp3) is 0.436. The molecule has 0 amide bonds. The van der Waals surface area contributed by atoms with Crippen LogP contribution in [0.2, 0.25) is 0 Å². The molecule has 0 atom stereocenters. The van der Waals surface area contributed by atoms with Crippen molar-refractivity contribution in [3.8, 4) is 0 Å². The van der Waals surface area contributed by atoms with Gasteiger partial charge in [-0.3, -0.25) is 8.80 Å². The summed E-state index contributed by atoms with van der Waals surface area (Å²) in [7, 11) is 0. The molecule has 0 N–H and O–H groups in total. The number of thiol groups is 1. The number of rotatable bonds is 12. The van der Waals surface area contributed by atoms with Crippen LogP contribution < -0.4 is 4.40 Å². The minimum absolute atomic E-state index is 0.972. The monoisotopic (exact) mass is 837 g/mol. The number of fused-ring (bicyclic) bond motifs is 5. The summed E-state index contributed by atoms with van der Waals surface area (Å²) in [5, 5.41) is 0. The van der Waals surface area contributed by atoms with Gasteiger partial charge in [0.05, 0.1) is 55.2 Å². The van der Waals surface area contributed by atoms with E-state index in [0.717, 1.165) is 81.9 Å². The van der Waals surface area contributed by atoms with Crippen LogP contribution in [-0.4, -0.2) is 22.0 Å². The second-order valence-electron chi connectivity index (χ2n) is 18.6. The van der Waals surface area contributed by atoms with Crippen molar-refractivity contribution in [3.05, 3.63) is 66.8 Å². The van der Waals surface area contributed by atoms with Gasteiger partial charge in [0.1, 0.15) is 32.5 Å². The Morgan fingerprint density at radius 1 is 0.242 bits per heavy atom. The van der Waals surface area contributed by atoms with Gasteiger partial charge in [-0.25, -0.2) is 0 Å². The van der Waals surface area contributed by atoms with E-state index >= 15 is 0 Å². The summed E-state index contributed by atoms with van der Waals surface area (Å²) >= 11 is 5.89. The Morgan fingerprint density at radius 3 is 0.774 bits per heavy atom. The smallest absolute Gasteiger partial charge is 0.264 e. The molecule has 0 saturated carbocycles. The quantitative estimate of drug-likeness (QED) is 0.0549. The topological polar surface area (TPSA) is 26.1 Å². The summed E-state index contributed by atoms with van der Waals surface area (Å²) < 4.78 is 17.1. The average molecular weight is 838 g/mol. The van der Waals surface area contributed by atoms with Crippen LogP contribution in [0.4, 0.5) is 0 Å². The Bertz CT molecular complexity index is 3700. The molecule has 0 unspecified atom stereocenters. The van der Waals surface area contributed by atoms with Gasteiger partial charge >= 0.3 is 0 Å². The van der Waals surface area contributed by atoms with E-state index in [1.54, 1.807) is 22.3 Å². The van der Waals surface area contributed by atoms with E-state index in [-0.39, 0.29) is 0 Å². The van der Waals surface area contributed by atoms with Crippen LogP contribution in [0.3, 0.4) is 0 Å². The zero-order chi connectivity index (χ0) is 42.8. The molecular weight excluding hydrogens is 777 g/mol. The van der Waals surface area contributed by atoms with Gasteiger partial charge in [0.25, 0.3) is 5.52 Å². The third-order valence-electron chi connectivity index (χ3n) is 16.8.